The summed E-state index contributed by atoms with van der Waals surface area (Å²) in [5.41, 5.74) is 3.11. The van der Waals surface area contributed by atoms with E-state index in [-0.39, 0.29) is 12.0 Å². The predicted octanol–water partition coefficient (Wildman–Crippen LogP) is 4.36. The molecule has 0 fully saturated rings. The summed E-state index contributed by atoms with van der Waals surface area (Å²) in [6, 6.07) is 17.0. The highest BCUT2D eigenvalue weighted by molar-refractivity contribution is 7.80. The largest absolute Gasteiger partial charge is 0.494 e. The zero-order valence-electron chi connectivity index (χ0n) is 16.3. The monoisotopic (exact) mass is 396 g/mol. The number of carbonyl (C=O) groups is 1. The van der Waals surface area contributed by atoms with Crippen molar-refractivity contribution in [2.45, 2.75) is 26.8 Å². The number of anilines is 1. The van der Waals surface area contributed by atoms with Crippen LogP contribution in [-0.4, -0.2) is 24.3 Å². The molecule has 2 aromatic carbocycles. The molecular formula is C22H24N2O3S. The fourth-order valence-electron chi connectivity index (χ4n) is 3.28. The van der Waals surface area contributed by atoms with Gasteiger partial charge in [0, 0.05) is 11.4 Å². The summed E-state index contributed by atoms with van der Waals surface area (Å²) in [5, 5.41) is 3.84. The molecule has 0 amide bonds. The smallest absolute Gasteiger partial charge is 0.338 e. The lowest BCUT2D eigenvalue weighted by Gasteiger charge is -2.37. The molecule has 1 N–H and O–H groups in total. The molecule has 0 saturated carbocycles. The van der Waals surface area contributed by atoms with Gasteiger partial charge in [-0.15, -0.1) is 0 Å². The van der Waals surface area contributed by atoms with E-state index in [9.17, 15) is 4.79 Å². The fourth-order valence-corrected chi connectivity index (χ4v) is 3.64. The third kappa shape index (κ3) is 4.02. The van der Waals surface area contributed by atoms with Crippen LogP contribution in [0.1, 0.15) is 32.4 Å². The van der Waals surface area contributed by atoms with Crippen molar-refractivity contribution in [1.82, 2.24) is 5.32 Å². The quantitative estimate of drug-likeness (QED) is 0.578. The predicted molar refractivity (Wildman–Crippen MR) is 114 cm³/mol. The second kappa shape index (κ2) is 8.89. The van der Waals surface area contributed by atoms with Crippen LogP contribution in [-0.2, 0) is 9.53 Å². The van der Waals surface area contributed by atoms with Crippen molar-refractivity contribution in [3.8, 4) is 5.75 Å². The van der Waals surface area contributed by atoms with Crippen molar-refractivity contribution in [3.63, 3.8) is 0 Å². The first-order chi connectivity index (χ1) is 13.6. The molecule has 6 heteroatoms. The Morgan fingerprint density at radius 3 is 2.36 bits per heavy atom. The van der Waals surface area contributed by atoms with Crippen LogP contribution in [0.25, 0.3) is 0 Å². The molecule has 2 aromatic rings. The van der Waals surface area contributed by atoms with Gasteiger partial charge in [-0.2, -0.15) is 0 Å². The van der Waals surface area contributed by atoms with E-state index >= 15 is 0 Å². The normalized spacial score (nSPS) is 16.6. The molecule has 28 heavy (non-hydrogen) atoms. The maximum Gasteiger partial charge on any atom is 0.338 e. The summed E-state index contributed by atoms with van der Waals surface area (Å²) in [6.45, 7) is 6.56. The Labute approximate surface area is 170 Å². The van der Waals surface area contributed by atoms with E-state index in [1.54, 1.807) is 6.92 Å². The molecule has 1 aliphatic heterocycles. The fraction of sp³-hybridized carbons (Fsp3) is 0.273. The number of thiocarbonyl (C=S) groups is 1. The number of ether oxygens (including phenoxy) is 2. The molecule has 5 nitrogen and oxygen atoms in total. The van der Waals surface area contributed by atoms with Crippen molar-refractivity contribution >= 4 is 29.0 Å². The Kier molecular flexibility index (Phi) is 6.31. The van der Waals surface area contributed by atoms with E-state index in [0.29, 0.717) is 23.9 Å². The van der Waals surface area contributed by atoms with E-state index in [1.807, 2.05) is 73.3 Å². The Morgan fingerprint density at radius 1 is 1.07 bits per heavy atom. The highest BCUT2D eigenvalue weighted by atomic mass is 32.1. The average Bonchev–Trinajstić information content (AvgIpc) is 2.70. The van der Waals surface area contributed by atoms with Gasteiger partial charge in [-0.1, -0.05) is 30.3 Å². The molecule has 0 aliphatic carbocycles. The van der Waals surface area contributed by atoms with Crippen LogP contribution in [0.15, 0.2) is 65.9 Å². The van der Waals surface area contributed by atoms with Gasteiger partial charge in [-0.25, -0.2) is 4.79 Å². The number of carbonyl (C=O) groups excluding carboxylic acids is 1. The Bertz CT molecular complexity index is 878. The maximum absolute atomic E-state index is 12.8. The van der Waals surface area contributed by atoms with E-state index in [1.165, 1.54) is 0 Å². The van der Waals surface area contributed by atoms with Crippen molar-refractivity contribution in [2.24, 2.45) is 0 Å². The average molecular weight is 397 g/mol. The van der Waals surface area contributed by atoms with Gasteiger partial charge in [0.25, 0.3) is 0 Å². The van der Waals surface area contributed by atoms with Crippen LogP contribution in [0, 0.1) is 0 Å². The highest BCUT2D eigenvalue weighted by Crippen LogP contribution is 2.34. The number of hydrogen-bond donors (Lipinski definition) is 1. The highest BCUT2D eigenvalue weighted by Gasteiger charge is 2.35. The molecule has 0 aromatic heterocycles. The molecule has 1 atom stereocenters. The van der Waals surface area contributed by atoms with Crippen molar-refractivity contribution in [1.29, 1.82) is 0 Å². The summed E-state index contributed by atoms with van der Waals surface area (Å²) >= 11 is 5.65. The lowest BCUT2D eigenvalue weighted by Crippen LogP contribution is -2.48. The van der Waals surface area contributed by atoms with Crippen molar-refractivity contribution in [3.05, 3.63) is 71.4 Å². The van der Waals surface area contributed by atoms with E-state index in [4.69, 9.17) is 21.7 Å². The van der Waals surface area contributed by atoms with E-state index in [0.717, 1.165) is 22.7 Å². The van der Waals surface area contributed by atoms with Crippen LogP contribution in [0.2, 0.25) is 0 Å². The summed E-state index contributed by atoms with van der Waals surface area (Å²) in [5.74, 6) is 0.441. The summed E-state index contributed by atoms with van der Waals surface area (Å²) in [4.78, 5) is 14.7. The number of rotatable bonds is 6. The number of allylic oxidation sites excluding steroid dienone is 1. The molecule has 3 rings (SSSR count). The summed E-state index contributed by atoms with van der Waals surface area (Å²) in [6.07, 6.45) is 0. The summed E-state index contributed by atoms with van der Waals surface area (Å²) < 4.78 is 10.9. The molecule has 0 unspecified atom stereocenters. The lowest BCUT2D eigenvalue weighted by atomic mass is 9.95. The van der Waals surface area contributed by atoms with Crippen LogP contribution < -0.4 is 15.0 Å². The number of benzene rings is 2. The van der Waals surface area contributed by atoms with Crippen molar-refractivity contribution < 1.29 is 14.3 Å². The molecule has 1 aliphatic rings. The van der Waals surface area contributed by atoms with Gasteiger partial charge >= 0.3 is 5.97 Å². The first-order valence-corrected chi connectivity index (χ1v) is 9.74. The van der Waals surface area contributed by atoms with Crippen LogP contribution in [0.3, 0.4) is 0 Å². The second-order valence-corrected chi connectivity index (χ2v) is 6.66. The van der Waals surface area contributed by atoms with Gasteiger partial charge in [0.1, 0.15) is 5.75 Å². The van der Waals surface area contributed by atoms with Gasteiger partial charge in [0.05, 0.1) is 24.8 Å². The molecule has 0 saturated heterocycles. The van der Waals surface area contributed by atoms with Crippen LogP contribution in [0.5, 0.6) is 5.75 Å². The molecule has 1 heterocycles. The van der Waals surface area contributed by atoms with Crippen molar-refractivity contribution in [2.75, 3.05) is 18.1 Å². The number of hydrogen-bond acceptors (Lipinski definition) is 4. The third-order valence-electron chi connectivity index (χ3n) is 4.52. The zero-order valence-corrected chi connectivity index (χ0v) is 17.1. The minimum Gasteiger partial charge on any atom is -0.494 e. The first-order valence-electron chi connectivity index (χ1n) is 9.33. The Hall–Kier alpha value is -2.86. The number of nitrogens with one attached hydrogen (secondary N) is 1. The van der Waals surface area contributed by atoms with E-state index in [2.05, 4.69) is 5.32 Å². The van der Waals surface area contributed by atoms with Crippen LogP contribution >= 0.6 is 12.2 Å². The molecule has 0 radical (unpaired) electrons. The minimum atomic E-state index is -0.355. The number of esters is 1. The Balaban J connectivity index is 2.05. The third-order valence-corrected chi connectivity index (χ3v) is 4.82. The van der Waals surface area contributed by atoms with E-state index < -0.39 is 0 Å². The first kappa shape index (κ1) is 19.9. The van der Waals surface area contributed by atoms with Gasteiger partial charge < -0.3 is 14.8 Å². The minimum absolute atomic E-state index is 0.310. The molecular weight excluding hydrogens is 372 g/mol. The van der Waals surface area contributed by atoms with Crippen LogP contribution in [0.4, 0.5) is 5.69 Å². The molecule has 0 spiro atoms. The second-order valence-electron chi connectivity index (χ2n) is 6.28. The maximum atomic E-state index is 12.8. The summed E-state index contributed by atoms with van der Waals surface area (Å²) in [7, 11) is 0. The lowest BCUT2D eigenvalue weighted by molar-refractivity contribution is -0.139. The zero-order chi connectivity index (χ0) is 20.1. The van der Waals surface area contributed by atoms with Gasteiger partial charge in [0.2, 0.25) is 0 Å². The molecule has 146 valence electrons. The van der Waals surface area contributed by atoms with Gasteiger partial charge in [-0.3, -0.25) is 4.90 Å². The van der Waals surface area contributed by atoms with Gasteiger partial charge in [-0.05, 0) is 62.8 Å². The topological polar surface area (TPSA) is 50.8 Å². The van der Waals surface area contributed by atoms with Gasteiger partial charge in [0.15, 0.2) is 5.11 Å². The number of nitrogens with zero attached hydrogens (tertiary/aromatic N) is 1. The standard InChI is InChI=1S/C22H24N2O3S/c1-4-26-18-13-11-17(12-14-18)24-15(3)19(21(25)27-5-2)20(23-22(24)28)16-9-7-6-8-10-16/h6-14,20H,4-5H2,1-3H3,(H,23,28)/t20-/m1/s1. The Morgan fingerprint density at radius 2 is 1.75 bits per heavy atom. The SMILES string of the molecule is CCOC(=O)C1=C(C)N(c2ccc(OCC)cc2)C(=S)N[C@@H]1c1ccccc1. The molecule has 0 bridgehead atoms.